The molecule has 27 heavy (non-hydrogen) atoms. The summed E-state index contributed by atoms with van der Waals surface area (Å²) in [5.74, 6) is -2.06. The fraction of sp³-hybridized carbons (Fsp3) is 0.333. The van der Waals surface area contributed by atoms with Gasteiger partial charge in [-0.25, -0.2) is 13.2 Å². The van der Waals surface area contributed by atoms with Crippen molar-refractivity contribution >= 4 is 27.6 Å². The highest BCUT2D eigenvalue weighted by atomic mass is 32.2. The van der Waals surface area contributed by atoms with Crippen LogP contribution in [0, 0.1) is 0 Å². The van der Waals surface area contributed by atoms with E-state index in [4.69, 9.17) is 9.52 Å². The predicted octanol–water partition coefficient (Wildman–Crippen LogP) is 1.72. The molecule has 0 spiro atoms. The number of carbonyl (C=O) groups is 2. The summed E-state index contributed by atoms with van der Waals surface area (Å²) in [6.07, 6.45) is 1.71. The number of sulfonamides is 1. The second kappa shape index (κ2) is 6.50. The number of anilines is 1. The lowest BCUT2D eigenvalue weighted by Crippen LogP contribution is -2.47. The fourth-order valence-corrected chi connectivity index (χ4v) is 5.28. The van der Waals surface area contributed by atoms with E-state index in [-0.39, 0.29) is 12.5 Å². The average molecular weight is 390 g/mol. The van der Waals surface area contributed by atoms with Crippen LogP contribution in [0.1, 0.15) is 29.0 Å². The molecule has 1 atom stereocenters. The monoisotopic (exact) mass is 390 g/mol. The molecule has 1 aromatic heterocycles. The Balaban J connectivity index is 1.62. The maximum atomic E-state index is 13.1. The van der Waals surface area contributed by atoms with Gasteiger partial charge in [-0.2, -0.15) is 4.31 Å². The molecule has 1 saturated heterocycles. The Morgan fingerprint density at radius 3 is 2.63 bits per heavy atom. The minimum absolute atomic E-state index is 0.192. The summed E-state index contributed by atoms with van der Waals surface area (Å²) in [6.45, 7) is 0.712. The number of furan rings is 1. The molecular weight excluding hydrogens is 372 g/mol. The number of benzene rings is 1. The molecule has 0 saturated carbocycles. The molecule has 0 bridgehead atoms. The summed E-state index contributed by atoms with van der Waals surface area (Å²) in [6, 6.07) is 8.98. The highest BCUT2D eigenvalue weighted by molar-refractivity contribution is 7.89. The summed E-state index contributed by atoms with van der Waals surface area (Å²) in [7, 11) is -4.10. The topological polar surface area (TPSA) is 108 Å². The number of carboxylic acids is 1. The molecule has 0 radical (unpaired) electrons. The largest absolute Gasteiger partial charge is 0.475 e. The lowest BCUT2D eigenvalue weighted by atomic mass is 10.1. The first-order chi connectivity index (χ1) is 12.9. The highest BCUT2D eigenvalue weighted by Crippen LogP contribution is 2.33. The Bertz CT molecular complexity index is 1010. The Morgan fingerprint density at radius 1 is 1.11 bits per heavy atom. The molecule has 1 N–H and O–H groups in total. The second-order valence-electron chi connectivity index (χ2n) is 6.57. The molecular formula is C18H18N2O6S. The quantitative estimate of drug-likeness (QED) is 0.852. The van der Waals surface area contributed by atoms with Gasteiger partial charge in [-0.1, -0.05) is 18.2 Å². The van der Waals surface area contributed by atoms with Gasteiger partial charge in [-0.15, -0.1) is 0 Å². The number of carboxylic acid groups (broad SMARTS) is 1. The predicted molar refractivity (Wildman–Crippen MR) is 95.1 cm³/mol. The van der Waals surface area contributed by atoms with Gasteiger partial charge >= 0.3 is 5.97 Å². The number of hydrogen-bond donors (Lipinski definition) is 1. The van der Waals surface area contributed by atoms with Crippen LogP contribution in [0.4, 0.5) is 5.69 Å². The van der Waals surface area contributed by atoms with Gasteiger partial charge in [-0.3, -0.25) is 4.79 Å². The van der Waals surface area contributed by atoms with Gasteiger partial charge in [0, 0.05) is 18.8 Å². The molecule has 4 rings (SSSR count). The van der Waals surface area contributed by atoms with Crippen LogP contribution in [0.25, 0.3) is 0 Å². The Morgan fingerprint density at radius 2 is 1.89 bits per heavy atom. The van der Waals surface area contributed by atoms with E-state index in [9.17, 15) is 18.0 Å². The minimum atomic E-state index is -4.10. The van der Waals surface area contributed by atoms with Crippen LogP contribution < -0.4 is 4.90 Å². The van der Waals surface area contributed by atoms with Crippen molar-refractivity contribution in [3.8, 4) is 0 Å². The third-order valence-electron chi connectivity index (χ3n) is 5.00. The first-order valence-electron chi connectivity index (χ1n) is 8.64. The third-order valence-corrected chi connectivity index (χ3v) is 6.78. The van der Waals surface area contributed by atoms with E-state index in [0.717, 1.165) is 34.1 Å². The van der Waals surface area contributed by atoms with Crippen LogP contribution in [-0.4, -0.2) is 48.8 Å². The normalized spacial score (nSPS) is 20.0. The average Bonchev–Trinajstić information content (AvgIpc) is 3.39. The summed E-state index contributed by atoms with van der Waals surface area (Å²) < 4.78 is 31.9. The number of carbonyl (C=O) groups excluding carboxylic acids is 1. The Hall–Kier alpha value is -2.65. The molecule has 3 heterocycles. The molecule has 142 valence electrons. The zero-order chi connectivity index (χ0) is 19.2. The number of amides is 1. The van der Waals surface area contributed by atoms with Gasteiger partial charge in [0.05, 0.1) is 0 Å². The van der Waals surface area contributed by atoms with E-state index in [1.807, 2.05) is 24.3 Å². The van der Waals surface area contributed by atoms with Crippen molar-refractivity contribution in [3.63, 3.8) is 0 Å². The molecule has 1 unspecified atom stereocenters. The number of nitrogens with zero attached hydrogens (tertiary/aromatic N) is 2. The lowest BCUT2D eigenvalue weighted by Gasteiger charge is -2.27. The molecule has 1 amide bonds. The van der Waals surface area contributed by atoms with E-state index in [2.05, 4.69) is 0 Å². The molecule has 9 heteroatoms. The zero-order valence-electron chi connectivity index (χ0n) is 14.4. The van der Waals surface area contributed by atoms with Crippen LogP contribution in [0.3, 0.4) is 0 Å². The van der Waals surface area contributed by atoms with Crippen molar-refractivity contribution in [1.82, 2.24) is 4.31 Å². The number of rotatable bonds is 4. The number of para-hydroxylation sites is 1. The van der Waals surface area contributed by atoms with Gasteiger partial charge in [0.15, 0.2) is 0 Å². The highest BCUT2D eigenvalue weighted by Gasteiger charge is 2.43. The Kier molecular flexibility index (Phi) is 4.27. The van der Waals surface area contributed by atoms with Crippen molar-refractivity contribution in [2.75, 3.05) is 18.0 Å². The number of aromatic carboxylic acids is 1. The first-order valence-corrected chi connectivity index (χ1v) is 10.1. The molecule has 0 aliphatic carbocycles. The number of hydrogen-bond acceptors (Lipinski definition) is 5. The lowest BCUT2D eigenvalue weighted by molar-refractivity contribution is -0.121. The van der Waals surface area contributed by atoms with E-state index in [1.165, 1.54) is 0 Å². The van der Waals surface area contributed by atoms with Crippen LogP contribution in [0.2, 0.25) is 0 Å². The van der Waals surface area contributed by atoms with Crippen LogP contribution in [0.15, 0.2) is 45.9 Å². The molecule has 8 nitrogen and oxygen atoms in total. The maximum absolute atomic E-state index is 13.1. The standard InChI is InChI=1S/C18H18N2O6S/c21-17(19-11-9-12-4-1-2-5-13(12)19)14-6-3-10-20(14)27(24,25)16-8-7-15(26-16)18(22)23/h1-2,4-5,7-8,14H,3,6,9-11H2,(H,22,23). The van der Waals surface area contributed by atoms with Crippen molar-refractivity contribution in [1.29, 1.82) is 0 Å². The molecule has 2 aliphatic heterocycles. The third kappa shape index (κ3) is 2.92. The molecule has 1 fully saturated rings. The van der Waals surface area contributed by atoms with Gasteiger partial charge in [-0.05, 0) is 43.0 Å². The number of fused-ring (bicyclic) bond motifs is 1. The van der Waals surface area contributed by atoms with Crippen molar-refractivity contribution in [2.24, 2.45) is 0 Å². The van der Waals surface area contributed by atoms with E-state index < -0.39 is 32.9 Å². The molecule has 2 aromatic rings. The van der Waals surface area contributed by atoms with Crippen LogP contribution >= 0.6 is 0 Å². The van der Waals surface area contributed by atoms with Crippen molar-refractivity contribution < 1.29 is 27.5 Å². The van der Waals surface area contributed by atoms with Crippen LogP contribution in [0.5, 0.6) is 0 Å². The van der Waals surface area contributed by atoms with E-state index >= 15 is 0 Å². The summed E-state index contributed by atoms with van der Waals surface area (Å²) in [5.41, 5.74) is 1.88. The van der Waals surface area contributed by atoms with Crippen LogP contribution in [-0.2, 0) is 21.2 Å². The van der Waals surface area contributed by atoms with Gasteiger partial charge in [0.2, 0.25) is 16.8 Å². The second-order valence-corrected chi connectivity index (χ2v) is 8.39. The maximum Gasteiger partial charge on any atom is 0.371 e. The van der Waals surface area contributed by atoms with Crippen molar-refractivity contribution in [2.45, 2.75) is 30.4 Å². The van der Waals surface area contributed by atoms with Gasteiger partial charge in [0.1, 0.15) is 6.04 Å². The Labute approximate surface area is 156 Å². The fourth-order valence-electron chi connectivity index (χ4n) is 3.71. The minimum Gasteiger partial charge on any atom is -0.475 e. The van der Waals surface area contributed by atoms with Crippen molar-refractivity contribution in [3.05, 3.63) is 47.7 Å². The first kappa shape index (κ1) is 17.7. The zero-order valence-corrected chi connectivity index (χ0v) is 15.2. The van der Waals surface area contributed by atoms with E-state index in [1.54, 1.807) is 4.90 Å². The smallest absolute Gasteiger partial charge is 0.371 e. The van der Waals surface area contributed by atoms with Gasteiger partial charge in [0.25, 0.3) is 10.0 Å². The molecule has 2 aliphatic rings. The summed E-state index contributed by atoms with van der Waals surface area (Å²) in [5, 5.41) is 8.49. The van der Waals surface area contributed by atoms with Gasteiger partial charge < -0.3 is 14.4 Å². The SMILES string of the molecule is O=C(O)c1ccc(S(=O)(=O)N2CCCC2C(=O)N2CCc3ccccc32)o1. The summed E-state index contributed by atoms with van der Waals surface area (Å²) >= 11 is 0. The van der Waals surface area contributed by atoms with E-state index in [0.29, 0.717) is 19.4 Å². The summed E-state index contributed by atoms with van der Waals surface area (Å²) in [4.78, 5) is 25.7. The molecule has 1 aromatic carbocycles.